The lowest BCUT2D eigenvalue weighted by molar-refractivity contribution is -0.385. The van der Waals surface area contributed by atoms with Crippen molar-refractivity contribution in [2.45, 2.75) is 0 Å². The first-order valence-corrected chi connectivity index (χ1v) is 6.28. The molecule has 0 fully saturated rings. The quantitative estimate of drug-likeness (QED) is 0.692. The molecular formula is C14H11ClN2O4. The maximum Gasteiger partial charge on any atom is 0.311 e. The third-order valence-corrected chi connectivity index (χ3v) is 2.96. The maximum atomic E-state index is 12.1. The van der Waals surface area contributed by atoms with Crippen LogP contribution >= 0.6 is 11.6 Å². The fourth-order valence-electron chi connectivity index (χ4n) is 1.74. The Balaban J connectivity index is 2.27. The Labute approximate surface area is 125 Å². The molecule has 2 aromatic rings. The smallest absolute Gasteiger partial charge is 0.311 e. The summed E-state index contributed by atoms with van der Waals surface area (Å²) in [5.74, 6) is -0.373. The Morgan fingerprint density at radius 3 is 2.67 bits per heavy atom. The van der Waals surface area contributed by atoms with Gasteiger partial charge in [0.05, 0.1) is 12.0 Å². The Bertz CT molecular complexity index is 703. The number of nitro groups is 1. The van der Waals surface area contributed by atoms with Crippen molar-refractivity contribution in [3.63, 3.8) is 0 Å². The van der Waals surface area contributed by atoms with Gasteiger partial charge in [-0.3, -0.25) is 14.9 Å². The zero-order chi connectivity index (χ0) is 15.4. The van der Waals surface area contributed by atoms with Crippen LogP contribution in [0, 0.1) is 10.1 Å². The van der Waals surface area contributed by atoms with Crippen LogP contribution in [-0.4, -0.2) is 17.9 Å². The van der Waals surface area contributed by atoms with E-state index in [-0.39, 0.29) is 17.0 Å². The van der Waals surface area contributed by atoms with Gasteiger partial charge in [-0.15, -0.1) is 0 Å². The molecule has 0 aliphatic rings. The van der Waals surface area contributed by atoms with Gasteiger partial charge in [0.1, 0.15) is 0 Å². The molecule has 0 spiro atoms. The van der Waals surface area contributed by atoms with E-state index in [4.69, 9.17) is 16.3 Å². The van der Waals surface area contributed by atoms with Crippen LogP contribution in [0.15, 0.2) is 42.5 Å². The van der Waals surface area contributed by atoms with Crippen molar-refractivity contribution in [2.24, 2.45) is 0 Å². The first kappa shape index (κ1) is 14.8. The van der Waals surface area contributed by atoms with Gasteiger partial charge in [0.25, 0.3) is 5.91 Å². The minimum Gasteiger partial charge on any atom is -0.490 e. The summed E-state index contributed by atoms with van der Waals surface area (Å²) in [6.45, 7) is 0. The zero-order valence-electron chi connectivity index (χ0n) is 11.0. The number of nitro benzene ring substituents is 1. The molecule has 21 heavy (non-hydrogen) atoms. The molecule has 0 bridgehead atoms. The summed E-state index contributed by atoms with van der Waals surface area (Å²) in [5.41, 5.74) is 0.393. The molecule has 0 saturated carbocycles. The number of carbonyl (C=O) groups is 1. The second kappa shape index (κ2) is 6.23. The number of carbonyl (C=O) groups excluding carboxylic acids is 1. The number of ether oxygens (including phenoxy) is 1. The Morgan fingerprint density at radius 2 is 2.05 bits per heavy atom. The number of rotatable bonds is 4. The first-order valence-electron chi connectivity index (χ1n) is 5.90. The van der Waals surface area contributed by atoms with Crippen molar-refractivity contribution in [2.75, 3.05) is 12.4 Å². The largest absolute Gasteiger partial charge is 0.490 e. The molecule has 6 nitrogen and oxygen atoms in total. The summed E-state index contributed by atoms with van der Waals surface area (Å²) in [4.78, 5) is 22.4. The molecule has 1 N–H and O–H groups in total. The van der Waals surface area contributed by atoms with Gasteiger partial charge in [-0.2, -0.15) is 0 Å². The van der Waals surface area contributed by atoms with E-state index in [1.807, 2.05) is 0 Å². The number of nitrogens with zero attached hydrogens (tertiary/aromatic N) is 1. The summed E-state index contributed by atoms with van der Waals surface area (Å²) in [5, 5.41) is 14.0. The molecule has 0 atom stereocenters. The number of amides is 1. The summed E-state index contributed by atoms with van der Waals surface area (Å²) < 4.78 is 4.88. The van der Waals surface area contributed by atoms with E-state index < -0.39 is 10.8 Å². The topological polar surface area (TPSA) is 81.5 Å². The van der Waals surface area contributed by atoms with Crippen LogP contribution in [0.3, 0.4) is 0 Å². The van der Waals surface area contributed by atoms with Crippen molar-refractivity contribution in [1.29, 1.82) is 0 Å². The molecule has 0 unspecified atom stereocenters. The number of anilines is 1. The van der Waals surface area contributed by atoms with Gasteiger partial charge in [0.15, 0.2) is 5.75 Å². The van der Waals surface area contributed by atoms with Crippen molar-refractivity contribution in [3.05, 3.63) is 63.2 Å². The lowest BCUT2D eigenvalue weighted by Crippen LogP contribution is -2.12. The Kier molecular flexibility index (Phi) is 4.39. The summed E-state index contributed by atoms with van der Waals surface area (Å²) in [6, 6.07) is 10.6. The normalized spacial score (nSPS) is 10.0. The molecule has 0 heterocycles. The minimum absolute atomic E-state index is 0.0966. The molecule has 2 aromatic carbocycles. The van der Waals surface area contributed by atoms with Gasteiger partial charge >= 0.3 is 5.69 Å². The molecule has 0 radical (unpaired) electrons. The molecule has 1 amide bonds. The number of nitrogens with one attached hydrogen (secondary N) is 1. The highest BCUT2D eigenvalue weighted by Gasteiger charge is 2.18. The van der Waals surface area contributed by atoms with E-state index in [0.717, 1.165) is 0 Å². The van der Waals surface area contributed by atoms with Gasteiger partial charge in [0.2, 0.25) is 0 Å². The molecule has 0 saturated heterocycles. The SMILES string of the molecule is COc1ccc(C(=O)Nc2cccc(Cl)c2)cc1[N+](=O)[O-]. The van der Waals surface area contributed by atoms with Crippen LogP contribution in [0.2, 0.25) is 5.02 Å². The predicted molar refractivity (Wildman–Crippen MR) is 79.1 cm³/mol. The van der Waals surface area contributed by atoms with Crippen LogP contribution in [0.25, 0.3) is 0 Å². The van der Waals surface area contributed by atoms with Crippen LogP contribution in [0.5, 0.6) is 5.75 Å². The average molecular weight is 307 g/mol. The van der Waals surface area contributed by atoms with Gasteiger partial charge in [-0.05, 0) is 30.3 Å². The molecular weight excluding hydrogens is 296 g/mol. The molecule has 108 valence electrons. The highest BCUT2D eigenvalue weighted by atomic mass is 35.5. The average Bonchev–Trinajstić information content (AvgIpc) is 2.46. The Hall–Kier alpha value is -2.60. The lowest BCUT2D eigenvalue weighted by Gasteiger charge is -2.07. The monoisotopic (exact) mass is 306 g/mol. The summed E-state index contributed by atoms with van der Waals surface area (Å²) >= 11 is 5.82. The van der Waals surface area contributed by atoms with Crippen molar-refractivity contribution in [3.8, 4) is 5.75 Å². The number of benzene rings is 2. The van der Waals surface area contributed by atoms with Crippen LogP contribution < -0.4 is 10.1 Å². The number of hydrogen-bond acceptors (Lipinski definition) is 4. The number of halogens is 1. The minimum atomic E-state index is -0.602. The van der Waals surface area contributed by atoms with Crippen LogP contribution in [0.4, 0.5) is 11.4 Å². The van der Waals surface area contributed by atoms with E-state index in [1.165, 1.54) is 25.3 Å². The molecule has 7 heteroatoms. The summed E-state index contributed by atoms with van der Waals surface area (Å²) in [7, 11) is 1.33. The van der Waals surface area contributed by atoms with Crippen molar-refractivity contribution in [1.82, 2.24) is 0 Å². The fraction of sp³-hybridized carbons (Fsp3) is 0.0714. The molecule has 2 rings (SSSR count). The zero-order valence-corrected chi connectivity index (χ0v) is 11.8. The second-order valence-electron chi connectivity index (χ2n) is 4.11. The van der Waals surface area contributed by atoms with Gasteiger partial charge in [-0.1, -0.05) is 17.7 Å². The van der Waals surface area contributed by atoms with Crippen molar-refractivity contribution >= 4 is 28.9 Å². The predicted octanol–water partition coefficient (Wildman–Crippen LogP) is 3.51. The highest BCUT2D eigenvalue weighted by Crippen LogP contribution is 2.28. The Morgan fingerprint density at radius 1 is 1.29 bits per heavy atom. The van der Waals surface area contributed by atoms with Crippen molar-refractivity contribution < 1.29 is 14.5 Å². The van der Waals surface area contributed by atoms with E-state index in [9.17, 15) is 14.9 Å². The first-order chi connectivity index (χ1) is 10.0. The standard InChI is InChI=1S/C14H11ClN2O4/c1-21-13-6-5-9(7-12(13)17(19)20)14(18)16-11-4-2-3-10(15)8-11/h2-8H,1H3,(H,16,18). The number of hydrogen-bond donors (Lipinski definition) is 1. The van der Waals surface area contributed by atoms with Gasteiger partial charge < -0.3 is 10.1 Å². The maximum absolute atomic E-state index is 12.1. The molecule has 0 aliphatic carbocycles. The van der Waals surface area contributed by atoms with E-state index in [2.05, 4.69) is 5.32 Å². The third-order valence-electron chi connectivity index (χ3n) is 2.72. The van der Waals surface area contributed by atoms with E-state index in [1.54, 1.807) is 24.3 Å². The highest BCUT2D eigenvalue weighted by molar-refractivity contribution is 6.30. The third kappa shape index (κ3) is 3.49. The summed E-state index contributed by atoms with van der Waals surface area (Å²) in [6.07, 6.45) is 0. The van der Waals surface area contributed by atoms with Crippen LogP contribution in [0.1, 0.15) is 10.4 Å². The van der Waals surface area contributed by atoms with Crippen LogP contribution in [-0.2, 0) is 0 Å². The fourth-order valence-corrected chi connectivity index (χ4v) is 1.93. The van der Waals surface area contributed by atoms with E-state index in [0.29, 0.717) is 10.7 Å². The molecule has 0 aromatic heterocycles. The number of methoxy groups -OCH3 is 1. The second-order valence-corrected chi connectivity index (χ2v) is 4.54. The van der Waals surface area contributed by atoms with Gasteiger partial charge in [-0.25, -0.2) is 0 Å². The lowest BCUT2D eigenvalue weighted by atomic mass is 10.1. The van der Waals surface area contributed by atoms with E-state index >= 15 is 0 Å². The molecule has 0 aliphatic heterocycles. The van der Waals surface area contributed by atoms with Gasteiger partial charge in [0, 0.05) is 22.3 Å².